The van der Waals surface area contributed by atoms with E-state index in [-0.39, 0.29) is 12.5 Å². The van der Waals surface area contributed by atoms with Crippen molar-refractivity contribution in [3.05, 3.63) is 28.8 Å². The zero-order valence-corrected chi connectivity index (χ0v) is 9.41. The van der Waals surface area contributed by atoms with Crippen LogP contribution in [0.2, 0.25) is 5.02 Å². The van der Waals surface area contributed by atoms with Gasteiger partial charge in [0.25, 0.3) is 0 Å². The van der Waals surface area contributed by atoms with E-state index in [0.717, 1.165) is 5.56 Å². The van der Waals surface area contributed by atoms with Crippen LogP contribution in [0.15, 0.2) is 18.2 Å². The number of hydrogen-bond acceptors (Lipinski definition) is 2. The Bertz CT molecular complexity index is 363. The van der Waals surface area contributed by atoms with E-state index in [1.807, 2.05) is 13.0 Å². The van der Waals surface area contributed by atoms with Gasteiger partial charge in [-0.2, -0.15) is 0 Å². The maximum atomic E-state index is 10.4. The van der Waals surface area contributed by atoms with Gasteiger partial charge >= 0.3 is 5.97 Å². The fourth-order valence-electron chi connectivity index (χ4n) is 1.21. The molecule has 82 valence electrons. The van der Waals surface area contributed by atoms with Gasteiger partial charge < -0.3 is 9.84 Å². The third-order valence-electron chi connectivity index (χ3n) is 1.88. The summed E-state index contributed by atoms with van der Waals surface area (Å²) in [7, 11) is 0. The van der Waals surface area contributed by atoms with E-state index in [1.165, 1.54) is 0 Å². The summed E-state index contributed by atoms with van der Waals surface area (Å²) in [5.41, 5.74) is 1.02. The molecule has 3 nitrogen and oxygen atoms in total. The summed E-state index contributed by atoms with van der Waals surface area (Å²) in [5, 5.41) is 9.07. The molecular formula is C11H13ClO3. The van der Waals surface area contributed by atoms with Crippen molar-refractivity contribution in [2.75, 3.05) is 0 Å². The van der Waals surface area contributed by atoms with Gasteiger partial charge in [-0.3, -0.25) is 4.79 Å². The molecule has 1 aromatic carbocycles. The minimum Gasteiger partial charge on any atom is -0.489 e. The summed E-state index contributed by atoms with van der Waals surface area (Å²) in [5.74, 6) is -0.350. The Morgan fingerprint density at radius 2 is 2.27 bits per heavy atom. The third-order valence-corrected chi connectivity index (χ3v) is 2.19. The van der Waals surface area contributed by atoms with Crippen LogP contribution in [-0.2, 0) is 4.79 Å². The maximum Gasteiger partial charge on any atom is 0.307 e. The fourth-order valence-corrected chi connectivity index (χ4v) is 1.37. The summed E-state index contributed by atoms with van der Waals surface area (Å²) >= 11 is 5.90. The van der Waals surface area contributed by atoms with Crippen LogP contribution >= 0.6 is 11.6 Å². The number of rotatable bonds is 4. The first-order chi connectivity index (χ1) is 6.99. The van der Waals surface area contributed by atoms with Crippen molar-refractivity contribution in [2.24, 2.45) is 0 Å². The van der Waals surface area contributed by atoms with E-state index in [0.29, 0.717) is 10.8 Å². The van der Waals surface area contributed by atoms with E-state index in [9.17, 15) is 4.79 Å². The molecule has 0 saturated heterocycles. The quantitative estimate of drug-likeness (QED) is 0.862. The Labute approximate surface area is 93.6 Å². The molecule has 1 rings (SSSR count). The second-order valence-electron chi connectivity index (χ2n) is 3.46. The topological polar surface area (TPSA) is 46.5 Å². The van der Waals surface area contributed by atoms with Gasteiger partial charge in [-0.1, -0.05) is 17.7 Å². The van der Waals surface area contributed by atoms with Gasteiger partial charge in [0, 0.05) is 0 Å². The number of carboxylic acid groups (broad SMARTS) is 1. The van der Waals surface area contributed by atoms with Crippen LogP contribution in [0.1, 0.15) is 18.9 Å². The number of halogens is 1. The minimum atomic E-state index is -0.883. The van der Waals surface area contributed by atoms with Gasteiger partial charge in [0.15, 0.2) is 0 Å². The molecule has 0 saturated carbocycles. The molecule has 0 radical (unpaired) electrons. The molecule has 0 heterocycles. The SMILES string of the molecule is Cc1ccc(Cl)c(O[C@H](C)CC(=O)O)c1. The molecule has 4 heteroatoms. The van der Waals surface area contributed by atoms with Crippen molar-refractivity contribution < 1.29 is 14.6 Å². The molecule has 0 spiro atoms. The second-order valence-corrected chi connectivity index (χ2v) is 3.87. The fraction of sp³-hybridized carbons (Fsp3) is 0.364. The number of carbonyl (C=O) groups is 1. The molecule has 0 bridgehead atoms. The zero-order valence-electron chi connectivity index (χ0n) is 8.66. The highest BCUT2D eigenvalue weighted by atomic mass is 35.5. The van der Waals surface area contributed by atoms with E-state index in [1.54, 1.807) is 19.1 Å². The lowest BCUT2D eigenvalue weighted by atomic mass is 10.2. The molecule has 0 amide bonds. The van der Waals surface area contributed by atoms with Crippen LogP contribution in [0.4, 0.5) is 0 Å². The van der Waals surface area contributed by atoms with Crippen molar-refractivity contribution in [3.8, 4) is 5.75 Å². The van der Waals surface area contributed by atoms with Crippen LogP contribution in [-0.4, -0.2) is 17.2 Å². The van der Waals surface area contributed by atoms with Crippen molar-refractivity contribution >= 4 is 17.6 Å². The highest BCUT2D eigenvalue weighted by molar-refractivity contribution is 6.32. The molecule has 15 heavy (non-hydrogen) atoms. The highest BCUT2D eigenvalue weighted by Gasteiger charge is 2.11. The summed E-state index contributed by atoms with van der Waals surface area (Å²) in [6.07, 6.45) is -0.425. The van der Waals surface area contributed by atoms with E-state index in [4.69, 9.17) is 21.4 Å². The van der Waals surface area contributed by atoms with Gasteiger partial charge in [0.1, 0.15) is 11.9 Å². The lowest BCUT2D eigenvalue weighted by Crippen LogP contribution is -2.16. The van der Waals surface area contributed by atoms with Gasteiger partial charge in [-0.25, -0.2) is 0 Å². The molecule has 1 aromatic rings. The van der Waals surface area contributed by atoms with E-state index in [2.05, 4.69) is 0 Å². The first kappa shape index (κ1) is 11.9. The van der Waals surface area contributed by atoms with Crippen LogP contribution < -0.4 is 4.74 Å². The normalized spacial score (nSPS) is 12.2. The van der Waals surface area contributed by atoms with Crippen molar-refractivity contribution in [1.82, 2.24) is 0 Å². The maximum absolute atomic E-state index is 10.4. The number of aliphatic carboxylic acids is 1. The van der Waals surface area contributed by atoms with Gasteiger partial charge in [-0.05, 0) is 31.5 Å². The number of aryl methyl sites for hydroxylation is 1. The molecule has 0 aliphatic carbocycles. The lowest BCUT2D eigenvalue weighted by molar-refractivity contribution is -0.138. The van der Waals surface area contributed by atoms with Crippen LogP contribution in [0.3, 0.4) is 0 Å². The van der Waals surface area contributed by atoms with Crippen molar-refractivity contribution in [3.63, 3.8) is 0 Å². The molecule has 0 aliphatic heterocycles. The molecule has 0 aromatic heterocycles. The third kappa shape index (κ3) is 3.80. The highest BCUT2D eigenvalue weighted by Crippen LogP contribution is 2.26. The molecule has 0 fully saturated rings. The molecular weight excluding hydrogens is 216 g/mol. The van der Waals surface area contributed by atoms with Crippen molar-refractivity contribution in [1.29, 1.82) is 0 Å². The predicted molar refractivity (Wildman–Crippen MR) is 58.5 cm³/mol. The average molecular weight is 229 g/mol. The number of hydrogen-bond donors (Lipinski definition) is 1. The summed E-state index contributed by atoms with van der Waals surface area (Å²) in [4.78, 5) is 10.4. The number of benzene rings is 1. The van der Waals surface area contributed by atoms with Crippen LogP contribution in [0, 0.1) is 6.92 Å². The first-order valence-corrected chi connectivity index (χ1v) is 5.01. The Kier molecular flexibility index (Phi) is 3.97. The standard InChI is InChI=1S/C11H13ClO3/c1-7-3-4-9(12)10(5-7)15-8(2)6-11(13)14/h3-5,8H,6H2,1-2H3,(H,13,14)/t8-/m1/s1. The molecule has 0 unspecified atom stereocenters. The Morgan fingerprint density at radius 1 is 1.60 bits per heavy atom. The van der Waals surface area contributed by atoms with E-state index < -0.39 is 5.97 Å². The first-order valence-electron chi connectivity index (χ1n) is 4.63. The second kappa shape index (κ2) is 5.03. The number of carboxylic acids is 1. The van der Waals surface area contributed by atoms with E-state index >= 15 is 0 Å². The largest absolute Gasteiger partial charge is 0.489 e. The van der Waals surface area contributed by atoms with Crippen LogP contribution in [0.25, 0.3) is 0 Å². The van der Waals surface area contributed by atoms with Gasteiger partial charge in [0.05, 0.1) is 11.4 Å². The Hall–Kier alpha value is -1.22. The zero-order chi connectivity index (χ0) is 11.4. The number of ether oxygens (including phenoxy) is 1. The molecule has 1 N–H and O–H groups in total. The minimum absolute atomic E-state index is 0.0374. The smallest absolute Gasteiger partial charge is 0.307 e. The lowest BCUT2D eigenvalue weighted by Gasteiger charge is -2.14. The predicted octanol–water partition coefficient (Wildman–Crippen LogP) is 2.89. The van der Waals surface area contributed by atoms with Gasteiger partial charge in [-0.15, -0.1) is 0 Å². The summed E-state index contributed by atoms with van der Waals surface area (Å²) in [6, 6.07) is 5.40. The monoisotopic (exact) mass is 228 g/mol. The molecule has 1 atom stereocenters. The summed E-state index contributed by atoms with van der Waals surface area (Å²) in [6.45, 7) is 3.62. The Morgan fingerprint density at radius 3 is 2.87 bits per heavy atom. The average Bonchev–Trinajstić information content (AvgIpc) is 2.10. The summed E-state index contributed by atoms with van der Waals surface area (Å²) < 4.78 is 5.42. The van der Waals surface area contributed by atoms with Crippen molar-refractivity contribution in [2.45, 2.75) is 26.4 Å². The Balaban J connectivity index is 2.71. The van der Waals surface area contributed by atoms with Crippen LogP contribution in [0.5, 0.6) is 5.75 Å². The molecule has 0 aliphatic rings. The van der Waals surface area contributed by atoms with Gasteiger partial charge in [0.2, 0.25) is 0 Å².